The molecule has 1 unspecified atom stereocenters. The Labute approximate surface area is 141 Å². The summed E-state index contributed by atoms with van der Waals surface area (Å²) in [5, 5.41) is 0. The molecule has 0 spiro atoms. The molecule has 1 aliphatic heterocycles. The van der Waals surface area contributed by atoms with Gasteiger partial charge < -0.3 is 4.43 Å². The second-order valence-corrected chi connectivity index (χ2v) is 11.9. The summed E-state index contributed by atoms with van der Waals surface area (Å²) in [6.45, 7) is 5.82. The van der Waals surface area contributed by atoms with Crippen LogP contribution in [-0.4, -0.2) is 14.9 Å². The highest BCUT2D eigenvalue weighted by atomic mass is 28.4. The largest absolute Gasteiger partial charge is 0.417 e. The maximum absolute atomic E-state index is 6.11. The van der Waals surface area contributed by atoms with Crippen LogP contribution in [0, 0.1) is 0 Å². The van der Waals surface area contributed by atoms with Crippen molar-refractivity contribution < 1.29 is 4.43 Å². The SMILES string of the molecule is CCCCCCCCCCCCCCC[Si]1(C)CCCCO1. The van der Waals surface area contributed by atoms with Crippen LogP contribution in [0.3, 0.4) is 0 Å². The van der Waals surface area contributed by atoms with Gasteiger partial charge in [0.25, 0.3) is 0 Å². The van der Waals surface area contributed by atoms with Crippen LogP contribution in [0.4, 0.5) is 0 Å². The van der Waals surface area contributed by atoms with Crippen molar-refractivity contribution in [1.29, 1.82) is 0 Å². The topological polar surface area (TPSA) is 9.23 Å². The molecule has 0 aromatic carbocycles. The van der Waals surface area contributed by atoms with Crippen LogP contribution >= 0.6 is 0 Å². The van der Waals surface area contributed by atoms with E-state index < -0.39 is 8.32 Å². The summed E-state index contributed by atoms with van der Waals surface area (Å²) < 4.78 is 6.11. The highest BCUT2D eigenvalue weighted by Gasteiger charge is 2.30. The zero-order valence-corrected chi connectivity index (χ0v) is 16.6. The van der Waals surface area contributed by atoms with E-state index in [9.17, 15) is 0 Å². The summed E-state index contributed by atoms with van der Waals surface area (Å²) in [7, 11) is -1.24. The molecule has 0 aliphatic carbocycles. The van der Waals surface area contributed by atoms with Crippen LogP contribution in [-0.2, 0) is 4.43 Å². The van der Waals surface area contributed by atoms with Crippen molar-refractivity contribution >= 4 is 8.32 Å². The van der Waals surface area contributed by atoms with Crippen LogP contribution in [0.2, 0.25) is 18.6 Å². The molecule has 0 saturated carbocycles. The molecule has 2 heteroatoms. The second kappa shape index (κ2) is 13.6. The average Bonchev–Trinajstić information content (AvgIpc) is 2.52. The molecule has 0 amide bonds. The molecule has 0 radical (unpaired) electrons. The van der Waals surface area contributed by atoms with Crippen molar-refractivity contribution in [3.8, 4) is 0 Å². The van der Waals surface area contributed by atoms with Crippen LogP contribution in [0.25, 0.3) is 0 Å². The first kappa shape index (κ1) is 20.2. The van der Waals surface area contributed by atoms with Crippen molar-refractivity contribution in [2.75, 3.05) is 6.61 Å². The van der Waals surface area contributed by atoms with Crippen molar-refractivity contribution in [2.24, 2.45) is 0 Å². The lowest BCUT2D eigenvalue weighted by molar-refractivity contribution is 0.269. The minimum absolute atomic E-state index is 1.06. The number of rotatable bonds is 14. The van der Waals surface area contributed by atoms with Crippen molar-refractivity contribution in [2.45, 2.75) is 122 Å². The summed E-state index contributed by atoms with van der Waals surface area (Å²) in [6, 6.07) is 2.84. The Morgan fingerprint density at radius 3 is 1.64 bits per heavy atom. The van der Waals surface area contributed by atoms with E-state index in [-0.39, 0.29) is 0 Å². The lowest BCUT2D eigenvalue weighted by atomic mass is 10.1. The minimum Gasteiger partial charge on any atom is -0.417 e. The van der Waals surface area contributed by atoms with Gasteiger partial charge in [-0.3, -0.25) is 0 Å². The first-order chi connectivity index (χ1) is 10.8. The first-order valence-corrected chi connectivity index (χ1v) is 13.2. The molecule has 1 rings (SSSR count). The van der Waals surface area contributed by atoms with E-state index in [0.717, 1.165) is 6.61 Å². The molecule has 1 saturated heterocycles. The maximum atomic E-state index is 6.11. The Morgan fingerprint density at radius 2 is 1.18 bits per heavy atom. The van der Waals surface area contributed by atoms with Gasteiger partial charge in [0.2, 0.25) is 0 Å². The molecule has 0 aromatic heterocycles. The molecule has 0 bridgehead atoms. The molecule has 1 nitrogen and oxygen atoms in total. The molecule has 1 aliphatic rings. The lowest BCUT2D eigenvalue weighted by Gasteiger charge is -2.31. The summed E-state index contributed by atoms with van der Waals surface area (Å²) in [6.07, 6.45) is 21.7. The Kier molecular flexibility index (Phi) is 12.5. The Morgan fingerprint density at radius 1 is 0.682 bits per heavy atom. The molecule has 1 atom stereocenters. The third-order valence-electron chi connectivity index (χ3n) is 5.36. The van der Waals surface area contributed by atoms with Crippen LogP contribution in [0.5, 0.6) is 0 Å². The molecule has 0 N–H and O–H groups in total. The van der Waals surface area contributed by atoms with Gasteiger partial charge in [-0.1, -0.05) is 96.8 Å². The van der Waals surface area contributed by atoms with Gasteiger partial charge in [-0.15, -0.1) is 0 Å². The van der Waals surface area contributed by atoms with Gasteiger partial charge in [0.1, 0.15) is 0 Å². The monoisotopic (exact) mass is 326 g/mol. The fourth-order valence-electron chi connectivity index (χ4n) is 3.71. The highest BCUT2D eigenvalue weighted by molar-refractivity contribution is 6.72. The maximum Gasteiger partial charge on any atom is 0.189 e. The molecule has 132 valence electrons. The minimum atomic E-state index is -1.24. The third kappa shape index (κ3) is 10.8. The average molecular weight is 327 g/mol. The molecule has 1 fully saturated rings. The number of unbranched alkanes of at least 4 members (excludes halogenated alkanes) is 12. The van der Waals surface area contributed by atoms with E-state index in [0.29, 0.717) is 0 Å². The quantitative estimate of drug-likeness (QED) is 0.238. The molecule has 1 heterocycles. The highest BCUT2D eigenvalue weighted by Crippen LogP contribution is 2.27. The zero-order valence-electron chi connectivity index (χ0n) is 15.6. The van der Waals surface area contributed by atoms with E-state index in [1.807, 2.05) is 0 Å². The summed E-state index contributed by atoms with van der Waals surface area (Å²) in [4.78, 5) is 0. The first-order valence-electron chi connectivity index (χ1n) is 10.4. The van der Waals surface area contributed by atoms with Gasteiger partial charge in [0.15, 0.2) is 8.32 Å². The van der Waals surface area contributed by atoms with Crippen molar-refractivity contribution in [3.63, 3.8) is 0 Å². The van der Waals surface area contributed by atoms with Gasteiger partial charge in [0, 0.05) is 6.61 Å². The molecular formula is C20H42OSi. The third-order valence-corrected chi connectivity index (χ3v) is 9.08. The van der Waals surface area contributed by atoms with Crippen LogP contribution in [0.1, 0.15) is 103 Å². The van der Waals surface area contributed by atoms with Crippen LogP contribution < -0.4 is 0 Å². The fraction of sp³-hybridized carbons (Fsp3) is 1.00. The van der Waals surface area contributed by atoms with E-state index in [1.165, 1.54) is 108 Å². The lowest BCUT2D eigenvalue weighted by Crippen LogP contribution is -2.37. The van der Waals surface area contributed by atoms with Crippen molar-refractivity contribution in [3.05, 3.63) is 0 Å². The predicted octanol–water partition coefficient (Wildman–Crippen LogP) is 7.46. The van der Waals surface area contributed by atoms with E-state index in [1.54, 1.807) is 0 Å². The van der Waals surface area contributed by atoms with E-state index in [2.05, 4.69) is 13.5 Å². The van der Waals surface area contributed by atoms with Crippen LogP contribution in [0.15, 0.2) is 0 Å². The standard InChI is InChI=1S/C20H42OSi/c1-3-4-5-6-7-8-9-10-11-12-13-14-16-19-22(2)20-17-15-18-21-22/h3-20H2,1-2H3. The molecule has 0 aromatic rings. The smallest absolute Gasteiger partial charge is 0.189 e. The van der Waals surface area contributed by atoms with E-state index >= 15 is 0 Å². The fourth-order valence-corrected chi connectivity index (χ4v) is 6.88. The normalized spacial score (nSPS) is 22.1. The predicted molar refractivity (Wildman–Crippen MR) is 102 cm³/mol. The summed E-state index contributed by atoms with van der Waals surface area (Å²) in [5.74, 6) is 0. The Hall–Kier alpha value is 0.177. The van der Waals surface area contributed by atoms with Crippen molar-refractivity contribution in [1.82, 2.24) is 0 Å². The number of hydrogen-bond acceptors (Lipinski definition) is 1. The Balaban J connectivity index is 1.76. The van der Waals surface area contributed by atoms with Gasteiger partial charge in [-0.2, -0.15) is 0 Å². The van der Waals surface area contributed by atoms with Gasteiger partial charge in [-0.25, -0.2) is 0 Å². The molecule has 22 heavy (non-hydrogen) atoms. The van der Waals surface area contributed by atoms with Gasteiger partial charge in [0.05, 0.1) is 0 Å². The van der Waals surface area contributed by atoms with Gasteiger partial charge >= 0.3 is 0 Å². The van der Waals surface area contributed by atoms with E-state index in [4.69, 9.17) is 4.43 Å². The summed E-state index contributed by atoms with van der Waals surface area (Å²) in [5.41, 5.74) is 0. The second-order valence-electron chi connectivity index (χ2n) is 7.75. The summed E-state index contributed by atoms with van der Waals surface area (Å²) >= 11 is 0. The molecular weight excluding hydrogens is 284 g/mol. The number of hydrogen-bond donors (Lipinski definition) is 0. The zero-order chi connectivity index (χ0) is 15.9. The van der Waals surface area contributed by atoms with Gasteiger partial charge in [-0.05, 0) is 25.1 Å². The Bertz CT molecular complexity index is 236.